The summed E-state index contributed by atoms with van der Waals surface area (Å²) in [5.41, 5.74) is 8.26. The molecule has 9 rings (SSSR count). The lowest BCUT2D eigenvalue weighted by molar-refractivity contribution is 0.591. The van der Waals surface area contributed by atoms with Crippen LogP contribution in [-0.4, -0.2) is 9.97 Å². The van der Waals surface area contributed by atoms with E-state index >= 15 is 0 Å². The Balaban J connectivity index is 1.74. The number of nitrogens with one attached hydrogen (secondary N) is 2. The topological polar surface area (TPSA) is 127 Å². The van der Waals surface area contributed by atoms with Crippen LogP contribution < -0.4 is 0 Å². The molecule has 0 spiro atoms. The minimum Gasteiger partial charge on any atom is -0.353 e. The van der Waals surface area contributed by atoms with Gasteiger partial charge in [-0.2, -0.15) is 21.0 Å². The van der Waals surface area contributed by atoms with Crippen molar-refractivity contribution in [2.45, 2.75) is 105 Å². The zero-order valence-electron chi connectivity index (χ0n) is 36.2. The van der Waals surface area contributed by atoms with Crippen molar-refractivity contribution in [3.05, 3.63) is 93.0 Å². The molecule has 0 fully saturated rings. The predicted octanol–water partition coefficient (Wildman–Crippen LogP) is 14.9. The average Bonchev–Trinajstić information content (AvgIpc) is 3.94. The van der Waals surface area contributed by atoms with Gasteiger partial charge in [0.15, 0.2) is 0 Å². The van der Waals surface area contributed by atoms with Crippen LogP contribution >= 0.6 is 22.7 Å². The number of aromatic amines is 2. The number of rotatable bonds is 0. The highest BCUT2D eigenvalue weighted by atomic mass is 32.1. The minimum absolute atomic E-state index is 0.251. The Morgan fingerprint density at radius 2 is 0.517 bits per heavy atom. The highest BCUT2D eigenvalue weighted by Crippen LogP contribution is 2.48. The van der Waals surface area contributed by atoms with Crippen LogP contribution in [0.4, 0.5) is 0 Å². The van der Waals surface area contributed by atoms with E-state index in [2.05, 4.69) is 166 Å². The first kappa shape index (κ1) is 39.3. The second-order valence-corrected chi connectivity index (χ2v) is 22.5. The zero-order chi connectivity index (χ0) is 43.2. The number of benzene rings is 4. The molecule has 0 aliphatic rings. The number of fused-ring (bicyclic) bond motifs is 10. The van der Waals surface area contributed by atoms with Crippen molar-refractivity contribution >= 4 is 107 Å². The lowest BCUT2D eigenvalue weighted by Gasteiger charge is -2.21. The third-order valence-corrected chi connectivity index (χ3v) is 14.9. The lowest BCUT2D eigenvalue weighted by atomic mass is 9.83. The van der Waals surface area contributed by atoms with E-state index in [1.165, 1.54) is 22.7 Å². The molecule has 0 saturated heterocycles. The normalized spacial score (nSPS) is 12.9. The van der Waals surface area contributed by atoms with Crippen LogP contribution in [0.2, 0.25) is 0 Å². The van der Waals surface area contributed by atoms with E-state index in [9.17, 15) is 21.0 Å². The van der Waals surface area contributed by atoms with Gasteiger partial charge in [-0.3, -0.25) is 0 Å². The molecule has 60 heavy (non-hydrogen) atoms. The van der Waals surface area contributed by atoms with Crippen molar-refractivity contribution in [1.29, 1.82) is 21.0 Å². The maximum Gasteiger partial charge on any atom is 0.102 e. The molecular weight excluding hydrogens is 773 g/mol. The molecule has 0 saturated carbocycles. The minimum atomic E-state index is -0.251. The van der Waals surface area contributed by atoms with E-state index in [-0.39, 0.29) is 21.7 Å². The van der Waals surface area contributed by atoms with E-state index in [0.29, 0.717) is 22.3 Å². The Hall–Kier alpha value is -6.16. The lowest BCUT2D eigenvalue weighted by Crippen LogP contribution is -2.11. The molecule has 0 amide bonds. The number of hydrogen-bond donors (Lipinski definition) is 2. The summed E-state index contributed by atoms with van der Waals surface area (Å²) >= 11 is 3.00. The highest BCUT2D eigenvalue weighted by molar-refractivity contribution is 7.26. The Morgan fingerprint density at radius 1 is 0.333 bits per heavy atom. The smallest absolute Gasteiger partial charge is 0.102 e. The molecule has 5 heterocycles. The zero-order valence-corrected chi connectivity index (χ0v) is 37.9. The van der Waals surface area contributed by atoms with Crippen molar-refractivity contribution in [2.24, 2.45) is 0 Å². The van der Waals surface area contributed by atoms with Gasteiger partial charge in [0.25, 0.3) is 0 Å². The van der Waals surface area contributed by atoms with Crippen LogP contribution in [-0.2, 0) is 21.7 Å². The second kappa shape index (κ2) is 12.7. The maximum atomic E-state index is 11.1. The quantitative estimate of drug-likeness (QED) is 0.158. The summed E-state index contributed by atoms with van der Waals surface area (Å²) < 4.78 is 2.95. The molecule has 5 aromatic heterocycles. The van der Waals surface area contributed by atoms with Crippen LogP contribution in [0.25, 0.3) is 84.0 Å². The van der Waals surface area contributed by atoms with E-state index in [4.69, 9.17) is 0 Å². The summed E-state index contributed by atoms with van der Waals surface area (Å²) in [6.45, 7) is 26.3. The van der Waals surface area contributed by atoms with Crippen molar-refractivity contribution < 1.29 is 0 Å². The fourth-order valence-electron chi connectivity index (χ4n) is 8.70. The standard InChI is InChI=1S/C52H46N6S2/c1-49(2,3)25-13-29-30-14-26(50(4,5)6)18-34-42(30)57-41(29)33(17-25)45-37(21-53)38(22-54)46(59-45)35-19-27(51(7,8)9)15-31-32-16-28(52(10,11)12)20-36(44(32)58-43(31)35)48-40(24-56)39(23-55)47(34)60-48/h13-20,57-58H,1-12H3. The van der Waals surface area contributed by atoms with Crippen LogP contribution in [0.1, 0.15) is 128 Å². The molecule has 296 valence electrons. The van der Waals surface area contributed by atoms with Crippen molar-refractivity contribution in [3.63, 3.8) is 0 Å². The van der Waals surface area contributed by atoms with Crippen molar-refractivity contribution in [2.75, 3.05) is 0 Å². The maximum absolute atomic E-state index is 11.1. The van der Waals surface area contributed by atoms with E-state index in [1.807, 2.05) is 0 Å². The first-order valence-corrected chi connectivity index (χ1v) is 22.0. The van der Waals surface area contributed by atoms with E-state index in [0.717, 1.165) is 106 Å². The van der Waals surface area contributed by atoms with Crippen molar-refractivity contribution in [3.8, 4) is 24.3 Å². The number of nitriles is 4. The van der Waals surface area contributed by atoms with Gasteiger partial charge in [0.05, 0.1) is 63.1 Å². The number of thiophene rings is 2. The fraction of sp³-hybridized carbons (Fsp3) is 0.308. The largest absolute Gasteiger partial charge is 0.353 e. The average molecular weight is 819 g/mol. The van der Waals surface area contributed by atoms with Crippen LogP contribution in [0.5, 0.6) is 0 Å². The van der Waals surface area contributed by atoms with Crippen LogP contribution in [0.3, 0.4) is 0 Å². The molecule has 6 nitrogen and oxygen atoms in total. The molecule has 0 atom stereocenters. The molecule has 0 aliphatic heterocycles. The summed E-state index contributed by atoms with van der Waals surface area (Å²) in [6.07, 6.45) is 0. The summed E-state index contributed by atoms with van der Waals surface area (Å²) in [6, 6.07) is 27.8. The molecule has 0 unspecified atom stereocenters. The summed E-state index contributed by atoms with van der Waals surface area (Å²) in [7, 11) is 0. The number of nitrogens with zero attached hydrogens (tertiary/aromatic N) is 4. The van der Waals surface area contributed by atoms with Gasteiger partial charge in [0, 0.05) is 43.1 Å². The van der Waals surface area contributed by atoms with Crippen molar-refractivity contribution in [1.82, 2.24) is 9.97 Å². The summed E-state index contributed by atoms with van der Waals surface area (Å²) in [4.78, 5) is 7.70. The summed E-state index contributed by atoms with van der Waals surface area (Å²) in [5.74, 6) is 0. The number of hydrogen-bond acceptors (Lipinski definition) is 6. The van der Waals surface area contributed by atoms with E-state index in [1.54, 1.807) is 0 Å². The Labute approximate surface area is 357 Å². The SMILES string of the molecule is CC(C)(C)c1cc2c3sc(c(C#N)c3C#N)c3cc(C(C)(C)C)cc4c5cc(C(C)(C)C)cc(c6sc(c(C#N)c6C#N)c6cc(C(C)(C)C)cc7c(c1)c2[nH]c67)c5[nH]c34. The monoisotopic (exact) mass is 818 g/mol. The first-order valence-electron chi connectivity index (χ1n) is 20.3. The molecule has 8 heteroatoms. The first-order chi connectivity index (χ1) is 28.1. The highest BCUT2D eigenvalue weighted by Gasteiger charge is 2.28. The molecule has 8 bridgehead atoms. The van der Waals surface area contributed by atoms with Gasteiger partial charge in [0.1, 0.15) is 24.3 Å². The fourth-order valence-corrected chi connectivity index (χ4v) is 11.2. The summed E-state index contributed by atoms with van der Waals surface area (Å²) in [5, 5.41) is 51.7. The molecule has 2 N–H and O–H groups in total. The van der Waals surface area contributed by atoms with Crippen LogP contribution in [0.15, 0.2) is 48.5 Å². The van der Waals surface area contributed by atoms with Gasteiger partial charge in [-0.25, -0.2) is 0 Å². The molecule has 0 aliphatic carbocycles. The van der Waals surface area contributed by atoms with Gasteiger partial charge in [0.2, 0.25) is 0 Å². The Bertz CT molecular complexity index is 3150. The molecule has 0 radical (unpaired) electrons. The van der Waals surface area contributed by atoms with Gasteiger partial charge < -0.3 is 9.97 Å². The number of H-pyrrole nitrogens is 2. The van der Waals surface area contributed by atoms with Gasteiger partial charge in [-0.15, -0.1) is 22.7 Å². The third-order valence-electron chi connectivity index (χ3n) is 12.3. The van der Waals surface area contributed by atoms with Crippen LogP contribution in [0, 0.1) is 45.3 Å². The third kappa shape index (κ3) is 5.66. The number of aromatic nitrogens is 2. The Kier molecular flexibility index (Phi) is 8.30. The Morgan fingerprint density at radius 3 is 0.683 bits per heavy atom. The predicted molar refractivity (Wildman–Crippen MR) is 253 cm³/mol. The van der Waals surface area contributed by atoms with Gasteiger partial charge >= 0.3 is 0 Å². The molecule has 9 aromatic rings. The second-order valence-electron chi connectivity index (χ2n) is 20.5. The van der Waals surface area contributed by atoms with Gasteiger partial charge in [-0.05, 0) is 92.4 Å². The van der Waals surface area contributed by atoms with E-state index < -0.39 is 0 Å². The molecular formula is C52H46N6S2. The van der Waals surface area contributed by atoms with Gasteiger partial charge in [-0.1, -0.05) is 83.1 Å². The molecule has 4 aromatic carbocycles.